The van der Waals surface area contributed by atoms with E-state index >= 15 is 0 Å². The van der Waals surface area contributed by atoms with Crippen molar-refractivity contribution < 1.29 is 14.5 Å². The second kappa shape index (κ2) is 5.76. The number of hydrogen-bond donors (Lipinski definition) is 1. The topological polar surface area (TPSA) is 95.5 Å². The smallest absolute Gasteiger partial charge is 0.343 e. The summed E-state index contributed by atoms with van der Waals surface area (Å²) in [6, 6.07) is 16.8. The summed E-state index contributed by atoms with van der Waals surface area (Å²) in [6.45, 7) is 0. The van der Waals surface area contributed by atoms with Crippen LogP contribution in [-0.2, 0) is 0 Å². The van der Waals surface area contributed by atoms with Crippen LogP contribution in [0.2, 0.25) is 0 Å². The van der Waals surface area contributed by atoms with Gasteiger partial charge in [-0.15, -0.1) is 0 Å². The molecule has 114 valence electrons. The Hall–Kier alpha value is -3.41. The summed E-state index contributed by atoms with van der Waals surface area (Å²) >= 11 is 0. The van der Waals surface area contributed by atoms with E-state index in [0.717, 1.165) is 10.8 Å². The van der Waals surface area contributed by atoms with E-state index in [2.05, 4.69) is 0 Å². The molecule has 0 spiro atoms. The zero-order valence-corrected chi connectivity index (χ0v) is 11.9. The normalized spacial score (nSPS) is 10.4. The van der Waals surface area contributed by atoms with Gasteiger partial charge in [0.2, 0.25) is 0 Å². The predicted molar refractivity (Wildman–Crippen MR) is 86.4 cm³/mol. The Morgan fingerprint density at radius 3 is 2.48 bits per heavy atom. The molecule has 0 radical (unpaired) electrons. The first-order valence-corrected chi connectivity index (χ1v) is 6.80. The maximum Gasteiger partial charge on any atom is 0.343 e. The summed E-state index contributed by atoms with van der Waals surface area (Å²) in [5.74, 6) is -0.652. The SMILES string of the molecule is Nc1c(OC(=O)c2ccc3ccccc3c2)cccc1[N+](=O)[O-]. The number of nitrogens with zero attached hydrogens (tertiary/aromatic N) is 1. The minimum atomic E-state index is -0.622. The van der Waals surface area contributed by atoms with Crippen molar-refractivity contribution in [2.45, 2.75) is 0 Å². The van der Waals surface area contributed by atoms with Crippen LogP contribution in [-0.4, -0.2) is 10.9 Å². The molecule has 0 unspecified atom stereocenters. The molecule has 3 rings (SSSR count). The molecular weight excluding hydrogens is 296 g/mol. The molecule has 0 fully saturated rings. The monoisotopic (exact) mass is 308 g/mol. The fraction of sp³-hybridized carbons (Fsp3) is 0. The maximum absolute atomic E-state index is 12.2. The van der Waals surface area contributed by atoms with Crippen LogP contribution in [0, 0.1) is 10.1 Å². The van der Waals surface area contributed by atoms with Crippen LogP contribution in [0.1, 0.15) is 10.4 Å². The number of para-hydroxylation sites is 1. The molecule has 0 heterocycles. The quantitative estimate of drug-likeness (QED) is 0.262. The molecule has 0 saturated carbocycles. The summed E-state index contributed by atoms with van der Waals surface area (Å²) < 4.78 is 5.20. The van der Waals surface area contributed by atoms with E-state index in [9.17, 15) is 14.9 Å². The minimum absolute atomic E-state index is 0.0302. The van der Waals surface area contributed by atoms with Crippen LogP contribution in [0.15, 0.2) is 60.7 Å². The lowest BCUT2D eigenvalue weighted by Crippen LogP contribution is -2.10. The Labute approximate surface area is 131 Å². The van der Waals surface area contributed by atoms with Crippen LogP contribution in [0.5, 0.6) is 5.75 Å². The van der Waals surface area contributed by atoms with Gasteiger partial charge in [0.15, 0.2) is 11.4 Å². The van der Waals surface area contributed by atoms with Crippen LogP contribution < -0.4 is 10.5 Å². The van der Waals surface area contributed by atoms with Crippen LogP contribution in [0.3, 0.4) is 0 Å². The summed E-state index contributed by atoms with van der Waals surface area (Å²) in [6.07, 6.45) is 0. The van der Waals surface area contributed by atoms with Gasteiger partial charge in [0.25, 0.3) is 5.69 Å². The number of carbonyl (C=O) groups excluding carboxylic acids is 1. The third-order valence-corrected chi connectivity index (χ3v) is 3.43. The molecule has 3 aromatic carbocycles. The second-order valence-corrected chi connectivity index (χ2v) is 4.90. The van der Waals surface area contributed by atoms with Crippen molar-refractivity contribution in [2.75, 3.05) is 5.73 Å². The number of nitrogens with two attached hydrogens (primary N) is 1. The van der Waals surface area contributed by atoms with Gasteiger partial charge in [0, 0.05) is 6.07 Å². The fourth-order valence-corrected chi connectivity index (χ4v) is 2.26. The highest BCUT2D eigenvalue weighted by atomic mass is 16.6. The number of ether oxygens (including phenoxy) is 1. The Bertz CT molecular complexity index is 921. The minimum Gasteiger partial charge on any atom is -0.420 e. The molecule has 0 atom stereocenters. The predicted octanol–water partition coefficient (Wildman–Crippen LogP) is 3.55. The van der Waals surface area contributed by atoms with Crippen LogP contribution >= 0.6 is 0 Å². The molecule has 0 bridgehead atoms. The third kappa shape index (κ3) is 2.82. The first kappa shape index (κ1) is 14.5. The van der Waals surface area contributed by atoms with Crippen LogP contribution in [0.4, 0.5) is 11.4 Å². The number of rotatable bonds is 3. The largest absolute Gasteiger partial charge is 0.420 e. The molecule has 6 nitrogen and oxygen atoms in total. The van der Waals surface area contributed by atoms with E-state index in [1.165, 1.54) is 18.2 Å². The lowest BCUT2D eigenvalue weighted by Gasteiger charge is -2.08. The van der Waals surface area contributed by atoms with E-state index in [0.29, 0.717) is 5.56 Å². The van der Waals surface area contributed by atoms with E-state index < -0.39 is 10.9 Å². The molecule has 2 N–H and O–H groups in total. The summed E-state index contributed by atoms with van der Waals surface area (Å²) in [7, 11) is 0. The van der Waals surface area contributed by atoms with Gasteiger partial charge in [0.05, 0.1) is 10.5 Å². The number of carbonyl (C=O) groups is 1. The van der Waals surface area contributed by atoms with Crippen molar-refractivity contribution in [1.29, 1.82) is 0 Å². The number of benzene rings is 3. The van der Waals surface area contributed by atoms with Crippen molar-refractivity contribution >= 4 is 28.1 Å². The van der Waals surface area contributed by atoms with Gasteiger partial charge in [0.1, 0.15) is 0 Å². The molecule has 0 aliphatic rings. The zero-order valence-electron chi connectivity index (χ0n) is 11.9. The van der Waals surface area contributed by atoms with Gasteiger partial charge in [-0.1, -0.05) is 36.4 Å². The lowest BCUT2D eigenvalue weighted by molar-refractivity contribution is -0.383. The van der Waals surface area contributed by atoms with Gasteiger partial charge in [-0.05, 0) is 29.0 Å². The highest BCUT2D eigenvalue weighted by molar-refractivity contribution is 5.97. The van der Waals surface area contributed by atoms with Gasteiger partial charge in [-0.2, -0.15) is 0 Å². The zero-order chi connectivity index (χ0) is 16.4. The summed E-state index contributed by atoms with van der Waals surface area (Å²) in [5, 5.41) is 12.8. The average Bonchev–Trinajstić information content (AvgIpc) is 2.56. The fourth-order valence-electron chi connectivity index (χ4n) is 2.26. The standard InChI is InChI=1S/C17H12N2O4/c18-16-14(19(21)22)6-3-7-15(16)23-17(20)13-9-8-11-4-1-2-5-12(11)10-13/h1-10H,18H2. The summed E-state index contributed by atoms with van der Waals surface area (Å²) in [5.41, 5.74) is 5.55. The molecule has 0 aliphatic carbocycles. The van der Waals surface area contributed by atoms with Crippen molar-refractivity contribution in [2.24, 2.45) is 0 Å². The molecule has 0 aromatic heterocycles. The molecular formula is C17H12N2O4. The number of fused-ring (bicyclic) bond motifs is 1. The number of nitro groups is 1. The first-order valence-electron chi connectivity index (χ1n) is 6.80. The highest BCUT2D eigenvalue weighted by Crippen LogP contribution is 2.31. The lowest BCUT2D eigenvalue weighted by atomic mass is 10.1. The molecule has 0 saturated heterocycles. The van der Waals surface area contributed by atoms with Crippen molar-refractivity contribution in [1.82, 2.24) is 0 Å². The molecule has 0 aliphatic heterocycles. The Balaban J connectivity index is 1.92. The number of nitro benzene ring substituents is 1. The van der Waals surface area contributed by atoms with E-state index in [1.807, 2.05) is 30.3 Å². The van der Waals surface area contributed by atoms with Crippen molar-refractivity contribution in [3.05, 3.63) is 76.3 Å². The van der Waals surface area contributed by atoms with E-state index in [4.69, 9.17) is 10.5 Å². The van der Waals surface area contributed by atoms with E-state index in [1.54, 1.807) is 12.1 Å². The third-order valence-electron chi connectivity index (χ3n) is 3.43. The van der Waals surface area contributed by atoms with Gasteiger partial charge >= 0.3 is 5.97 Å². The van der Waals surface area contributed by atoms with Crippen molar-refractivity contribution in [3.63, 3.8) is 0 Å². The van der Waals surface area contributed by atoms with Gasteiger partial charge in [-0.25, -0.2) is 4.79 Å². The molecule has 3 aromatic rings. The Kier molecular flexibility index (Phi) is 3.64. The highest BCUT2D eigenvalue weighted by Gasteiger charge is 2.18. The average molecular weight is 308 g/mol. The number of anilines is 1. The first-order chi connectivity index (χ1) is 11.1. The second-order valence-electron chi connectivity index (χ2n) is 4.90. The Morgan fingerprint density at radius 1 is 1.00 bits per heavy atom. The number of nitrogen functional groups attached to an aromatic ring is 1. The molecule has 6 heteroatoms. The van der Waals surface area contributed by atoms with Crippen molar-refractivity contribution in [3.8, 4) is 5.75 Å². The maximum atomic E-state index is 12.2. The molecule has 0 amide bonds. The van der Waals surface area contributed by atoms with Crippen LogP contribution in [0.25, 0.3) is 10.8 Å². The number of hydrogen-bond acceptors (Lipinski definition) is 5. The summed E-state index contributed by atoms with van der Waals surface area (Å²) in [4.78, 5) is 22.5. The number of esters is 1. The molecule has 23 heavy (non-hydrogen) atoms. The Morgan fingerprint density at radius 2 is 1.74 bits per heavy atom. The van der Waals surface area contributed by atoms with Gasteiger partial charge < -0.3 is 10.5 Å². The van der Waals surface area contributed by atoms with Gasteiger partial charge in [-0.3, -0.25) is 10.1 Å². The van der Waals surface area contributed by atoms with E-state index in [-0.39, 0.29) is 17.1 Å².